The Morgan fingerprint density at radius 2 is 2.31 bits per heavy atom. The number of hydrogen-bond donors (Lipinski definition) is 2. The molecule has 0 saturated heterocycles. The van der Waals surface area contributed by atoms with E-state index in [9.17, 15) is 4.79 Å². The summed E-state index contributed by atoms with van der Waals surface area (Å²) < 4.78 is 5.46. The summed E-state index contributed by atoms with van der Waals surface area (Å²) >= 11 is 0. The van der Waals surface area contributed by atoms with Crippen molar-refractivity contribution in [3.63, 3.8) is 0 Å². The van der Waals surface area contributed by atoms with Crippen LogP contribution >= 0.6 is 0 Å². The molecule has 0 spiro atoms. The van der Waals surface area contributed by atoms with Gasteiger partial charge in [-0.25, -0.2) is 0 Å². The van der Waals surface area contributed by atoms with E-state index in [1.54, 1.807) is 6.92 Å². The third-order valence-electron chi connectivity index (χ3n) is 2.18. The lowest BCUT2D eigenvalue weighted by atomic mass is 10.2. The Morgan fingerprint density at radius 3 is 2.94 bits per heavy atom. The highest BCUT2D eigenvalue weighted by Crippen LogP contribution is 2.11. The Balaban J connectivity index is 2.23. The summed E-state index contributed by atoms with van der Waals surface area (Å²) in [6, 6.07) is 7.21. The van der Waals surface area contributed by atoms with Crippen molar-refractivity contribution in [2.24, 2.45) is 0 Å². The van der Waals surface area contributed by atoms with Crippen LogP contribution in [-0.2, 0) is 4.79 Å². The molecule has 1 aromatic carbocycles. The first-order valence-electron chi connectivity index (χ1n) is 5.25. The third kappa shape index (κ3) is 4.31. The molecule has 88 valence electrons. The zero-order valence-electron chi connectivity index (χ0n) is 9.56. The van der Waals surface area contributed by atoms with Crippen molar-refractivity contribution < 1.29 is 14.6 Å². The van der Waals surface area contributed by atoms with Gasteiger partial charge in [0.05, 0.1) is 0 Å². The smallest absolute Gasteiger partial charge is 0.320 e. The molecule has 0 aliphatic carbocycles. The number of benzene rings is 1. The molecule has 1 aromatic rings. The summed E-state index contributed by atoms with van der Waals surface area (Å²) in [6.45, 7) is 4.58. The van der Waals surface area contributed by atoms with Gasteiger partial charge in [-0.15, -0.1) is 0 Å². The van der Waals surface area contributed by atoms with E-state index in [2.05, 4.69) is 5.32 Å². The zero-order chi connectivity index (χ0) is 12.0. The van der Waals surface area contributed by atoms with Gasteiger partial charge >= 0.3 is 5.97 Å². The van der Waals surface area contributed by atoms with Gasteiger partial charge in [0.1, 0.15) is 18.4 Å². The summed E-state index contributed by atoms with van der Waals surface area (Å²) in [5.74, 6) is -0.0414. The maximum absolute atomic E-state index is 10.5. The molecule has 1 atom stereocenters. The van der Waals surface area contributed by atoms with E-state index in [-0.39, 0.29) is 0 Å². The molecule has 0 heterocycles. The Morgan fingerprint density at radius 1 is 1.56 bits per heavy atom. The molecule has 4 nitrogen and oxygen atoms in total. The van der Waals surface area contributed by atoms with E-state index in [1.807, 2.05) is 31.2 Å². The minimum absolute atomic E-state index is 0.459. The van der Waals surface area contributed by atoms with E-state index in [0.29, 0.717) is 13.2 Å². The largest absolute Gasteiger partial charge is 0.492 e. The minimum Gasteiger partial charge on any atom is -0.492 e. The van der Waals surface area contributed by atoms with Crippen molar-refractivity contribution in [2.75, 3.05) is 13.2 Å². The van der Waals surface area contributed by atoms with Gasteiger partial charge in [-0.1, -0.05) is 12.1 Å². The van der Waals surface area contributed by atoms with Crippen LogP contribution in [0.25, 0.3) is 0 Å². The average molecular weight is 223 g/mol. The molecule has 0 aromatic heterocycles. The Hall–Kier alpha value is -1.55. The van der Waals surface area contributed by atoms with E-state index in [4.69, 9.17) is 9.84 Å². The van der Waals surface area contributed by atoms with Gasteiger partial charge < -0.3 is 15.2 Å². The summed E-state index contributed by atoms with van der Waals surface area (Å²) in [4.78, 5) is 10.5. The number of nitrogens with one attached hydrogen (secondary N) is 1. The molecule has 0 saturated carbocycles. The number of rotatable bonds is 6. The molecule has 0 bridgehead atoms. The highest BCUT2D eigenvalue weighted by atomic mass is 16.5. The molecule has 0 fully saturated rings. The topological polar surface area (TPSA) is 58.6 Å². The fraction of sp³-hybridized carbons (Fsp3) is 0.417. The summed E-state index contributed by atoms with van der Waals surface area (Å²) in [7, 11) is 0. The van der Waals surface area contributed by atoms with Crippen molar-refractivity contribution in [3.8, 4) is 5.75 Å². The first-order chi connectivity index (χ1) is 7.59. The van der Waals surface area contributed by atoms with Crippen LogP contribution in [0.3, 0.4) is 0 Å². The van der Waals surface area contributed by atoms with E-state index < -0.39 is 12.0 Å². The Kier molecular flexibility index (Phi) is 4.79. The standard InChI is InChI=1S/C12H17NO3/c1-9-4-3-5-11(8-9)16-7-6-13-10(2)12(14)15/h3-5,8,10,13H,6-7H2,1-2H3,(H,14,15). The van der Waals surface area contributed by atoms with Gasteiger partial charge in [0.25, 0.3) is 0 Å². The fourth-order valence-corrected chi connectivity index (χ4v) is 1.24. The van der Waals surface area contributed by atoms with Crippen LogP contribution < -0.4 is 10.1 Å². The Bertz CT molecular complexity index is 352. The van der Waals surface area contributed by atoms with Gasteiger partial charge in [0.2, 0.25) is 0 Å². The molecular formula is C12H17NO3. The summed E-state index contributed by atoms with van der Waals surface area (Å²) in [5, 5.41) is 11.5. The molecule has 4 heteroatoms. The van der Waals surface area contributed by atoms with E-state index >= 15 is 0 Å². The minimum atomic E-state index is -0.851. The highest BCUT2D eigenvalue weighted by molar-refractivity contribution is 5.72. The lowest BCUT2D eigenvalue weighted by Gasteiger charge is -2.10. The van der Waals surface area contributed by atoms with Crippen LogP contribution in [0.2, 0.25) is 0 Å². The first-order valence-corrected chi connectivity index (χ1v) is 5.25. The second-order valence-corrected chi connectivity index (χ2v) is 3.68. The molecule has 1 rings (SSSR count). The third-order valence-corrected chi connectivity index (χ3v) is 2.18. The molecular weight excluding hydrogens is 206 g/mol. The predicted molar refractivity (Wildman–Crippen MR) is 61.8 cm³/mol. The average Bonchev–Trinajstić information content (AvgIpc) is 2.24. The van der Waals surface area contributed by atoms with Crippen LogP contribution in [0.15, 0.2) is 24.3 Å². The van der Waals surface area contributed by atoms with E-state index in [1.165, 1.54) is 0 Å². The number of carbonyl (C=O) groups is 1. The number of aryl methyl sites for hydroxylation is 1. The van der Waals surface area contributed by atoms with Gasteiger partial charge in [-0.2, -0.15) is 0 Å². The van der Waals surface area contributed by atoms with Crippen molar-refractivity contribution in [2.45, 2.75) is 19.9 Å². The highest BCUT2D eigenvalue weighted by Gasteiger charge is 2.08. The lowest BCUT2D eigenvalue weighted by molar-refractivity contribution is -0.139. The van der Waals surface area contributed by atoms with Gasteiger partial charge in [-0.05, 0) is 31.5 Å². The van der Waals surface area contributed by atoms with Crippen molar-refractivity contribution in [3.05, 3.63) is 29.8 Å². The monoisotopic (exact) mass is 223 g/mol. The van der Waals surface area contributed by atoms with E-state index in [0.717, 1.165) is 11.3 Å². The molecule has 0 aliphatic heterocycles. The normalized spacial score (nSPS) is 12.1. The SMILES string of the molecule is Cc1cccc(OCCNC(C)C(=O)O)c1. The number of carboxylic acid groups (broad SMARTS) is 1. The number of hydrogen-bond acceptors (Lipinski definition) is 3. The maximum Gasteiger partial charge on any atom is 0.320 e. The predicted octanol–water partition coefficient (Wildman–Crippen LogP) is 1.44. The summed E-state index contributed by atoms with van der Waals surface area (Å²) in [5.41, 5.74) is 1.14. The lowest BCUT2D eigenvalue weighted by Crippen LogP contribution is -2.36. The number of carboxylic acids is 1. The second kappa shape index (κ2) is 6.12. The zero-order valence-corrected chi connectivity index (χ0v) is 9.56. The molecule has 0 radical (unpaired) electrons. The van der Waals surface area contributed by atoms with Crippen LogP contribution in [0.1, 0.15) is 12.5 Å². The molecule has 0 aliphatic rings. The summed E-state index contributed by atoms with van der Waals surface area (Å²) in [6.07, 6.45) is 0. The van der Waals surface area contributed by atoms with Crippen molar-refractivity contribution in [1.29, 1.82) is 0 Å². The second-order valence-electron chi connectivity index (χ2n) is 3.68. The van der Waals surface area contributed by atoms with Crippen LogP contribution in [0, 0.1) is 6.92 Å². The van der Waals surface area contributed by atoms with Crippen molar-refractivity contribution >= 4 is 5.97 Å². The number of ether oxygens (including phenoxy) is 1. The Labute approximate surface area is 95.2 Å². The number of aliphatic carboxylic acids is 1. The van der Waals surface area contributed by atoms with Gasteiger partial charge in [0, 0.05) is 6.54 Å². The molecule has 2 N–H and O–H groups in total. The fourth-order valence-electron chi connectivity index (χ4n) is 1.24. The first kappa shape index (κ1) is 12.5. The maximum atomic E-state index is 10.5. The molecule has 1 unspecified atom stereocenters. The quantitative estimate of drug-likeness (QED) is 0.716. The van der Waals surface area contributed by atoms with Gasteiger partial charge in [-0.3, -0.25) is 4.79 Å². The van der Waals surface area contributed by atoms with Crippen LogP contribution in [0.5, 0.6) is 5.75 Å². The molecule has 16 heavy (non-hydrogen) atoms. The molecule has 0 amide bonds. The van der Waals surface area contributed by atoms with Gasteiger partial charge in [0.15, 0.2) is 0 Å². The van der Waals surface area contributed by atoms with Crippen LogP contribution in [0.4, 0.5) is 0 Å². The van der Waals surface area contributed by atoms with Crippen LogP contribution in [-0.4, -0.2) is 30.3 Å². The van der Waals surface area contributed by atoms with Crippen molar-refractivity contribution in [1.82, 2.24) is 5.32 Å².